The van der Waals surface area contributed by atoms with Gasteiger partial charge in [0, 0.05) is 6.08 Å². The molecule has 0 aromatic heterocycles. The molecule has 0 unspecified atom stereocenters. The Bertz CT molecular complexity index is 372. The van der Waals surface area contributed by atoms with Gasteiger partial charge in [0.1, 0.15) is 0 Å². The molecule has 0 spiro atoms. The lowest BCUT2D eigenvalue weighted by Gasteiger charge is -1.99. The lowest BCUT2D eigenvalue weighted by atomic mass is 10.1. The van der Waals surface area contributed by atoms with E-state index in [9.17, 15) is 4.79 Å². The Hall–Kier alpha value is -1.83. The van der Waals surface area contributed by atoms with E-state index in [1.165, 1.54) is 0 Å². The molecule has 0 aliphatic heterocycles. The standard InChI is InChI=1S/C12H12O2/c1-9(2)11-6-3-10(4-7-11)5-8-12(13)14/h3-8H,1H2,2H3,(H,13,14)/b8-5+. The van der Waals surface area contributed by atoms with E-state index in [1.807, 2.05) is 31.2 Å². The van der Waals surface area contributed by atoms with E-state index in [4.69, 9.17) is 5.11 Å². The van der Waals surface area contributed by atoms with Crippen molar-refractivity contribution in [1.29, 1.82) is 0 Å². The first-order valence-electron chi connectivity index (χ1n) is 4.26. The molecule has 0 saturated heterocycles. The minimum absolute atomic E-state index is 0.873. The van der Waals surface area contributed by atoms with Crippen LogP contribution in [-0.2, 0) is 4.79 Å². The van der Waals surface area contributed by atoms with Crippen LogP contribution in [0.4, 0.5) is 0 Å². The molecule has 0 radical (unpaired) electrons. The van der Waals surface area contributed by atoms with Crippen molar-refractivity contribution in [2.75, 3.05) is 0 Å². The average Bonchev–Trinajstić information content (AvgIpc) is 2.15. The Labute approximate surface area is 83.2 Å². The number of carboxylic acid groups (broad SMARTS) is 1. The lowest BCUT2D eigenvalue weighted by Crippen LogP contribution is -1.85. The first kappa shape index (κ1) is 10.3. The van der Waals surface area contributed by atoms with Gasteiger partial charge in [-0.25, -0.2) is 4.79 Å². The number of benzene rings is 1. The number of carboxylic acids is 1. The normalized spacial score (nSPS) is 10.4. The zero-order valence-corrected chi connectivity index (χ0v) is 8.03. The van der Waals surface area contributed by atoms with Crippen molar-refractivity contribution >= 4 is 17.6 Å². The first-order valence-corrected chi connectivity index (χ1v) is 4.26. The molecule has 0 amide bonds. The third-order valence-electron chi connectivity index (χ3n) is 1.82. The van der Waals surface area contributed by atoms with Crippen LogP contribution in [-0.4, -0.2) is 11.1 Å². The van der Waals surface area contributed by atoms with E-state index in [2.05, 4.69) is 6.58 Å². The molecule has 0 saturated carbocycles. The van der Waals surface area contributed by atoms with Gasteiger partial charge in [-0.1, -0.05) is 36.4 Å². The molecule has 0 bridgehead atoms. The van der Waals surface area contributed by atoms with Gasteiger partial charge in [-0.3, -0.25) is 0 Å². The van der Waals surface area contributed by atoms with Crippen LogP contribution in [0, 0.1) is 0 Å². The van der Waals surface area contributed by atoms with Crippen molar-refractivity contribution in [3.05, 3.63) is 48.0 Å². The zero-order valence-electron chi connectivity index (χ0n) is 8.03. The monoisotopic (exact) mass is 188 g/mol. The highest BCUT2D eigenvalue weighted by molar-refractivity contribution is 5.85. The van der Waals surface area contributed by atoms with Gasteiger partial charge in [0.05, 0.1) is 0 Å². The van der Waals surface area contributed by atoms with Crippen LogP contribution < -0.4 is 0 Å². The smallest absolute Gasteiger partial charge is 0.328 e. The van der Waals surface area contributed by atoms with Crippen molar-refractivity contribution in [3.63, 3.8) is 0 Å². The van der Waals surface area contributed by atoms with Crippen LogP contribution in [0.2, 0.25) is 0 Å². The quantitative estimate of drug-likeness (QED) is 0.740. The lowest BCUT2D eigenvalue weighted by molar-refractivity contribution is -0.131. The van der Waals surface area contributed by atoms with Crippen LogP contribution in [0.1, 0.15) is 18.1 Å². The molecule has 0 aliphatic carbocycles. The predicted octanol–water partition coefficient (Wildman–Crippen LogP) is 2.82. The molecule has 1 aromatic carbocycles. The summed E-state index contributed by atoms with van der Waals surface area (Å²) in [6.07, 6.45) is 2.68. The van der Waals surface area contributed by atoms with E-state index in [-0.39, 0.29) is 0 Å². The average molecular weight is 188 g/mol. The molecule has 0 atom stereocenters. The summed E-state index contributed by atoms with van der Waals surface area (Å²) in [6.45, 7) is 5.75. The molecule has 1 aromatic rings. The van der Waals surface area contributed by atoms with Crippen LogP contribution in [0.25, 0.3) is 11.6 Å². The van der Waals surface area contributed by atoms with Gasteiger partial charge in [-0.15, -0.1) is 0 Å². The number of carbonyl (C=O) groups is 1. The predicted molar refractivity (Wildman–Crippen MR) is 57.8 cm³/mol. The van der Waals surface area contributed by atoms with Crippen LogP contribution >= 0.6 is 0 Å². The molecule has 1 rings (SSSR count). The second-order valence-electron chi connectivity index (χ2n) is 3.07. The minimum Gasteiger partial charge on any atom is -0.478 e. The molecular weight excluding hydrogens is 176 g/mol. The highest BCUT2D eigenvalue weighted by Crippen LogP contribution is 2.12. The van der Waals surface area contributed by atoms with Crippen molar-refractivity contribution in [2.24, 2.45) is 0 Å². The zero-order chi connectivity index (χ0) is 10.6. The fraction of sp³-hybridized carbons (Fsp3) is 0.0833. The van der Waals surface area contributed by atoms with Gasteiger partial charge >= 0.3 is 5.97 Å². The number of allylic oxidation sites excluding steroid dienone is 1. The highest BCUT2D eigenvalue weighted by atomic mass is 16.4. The molecule has 0 heterocycles. The summed E-state index contributed by atoms with van der Waals surface area (Å²) in [7, 11) is 0. The minimum atomic E-state index is -0.936. The van der Waals surface area contributed by atoms with Crippen LogP contribution in [0.3, 0.4) is 0 Å². The number of aliphatic carboxylic acids is 1. The summed E-state index contributed by atoms with van der Waals surface area (Å²) in [6, 6.07) is 7.57. The van der Waals surface area contributed by atoms with Crippen molar-refractivity contribution in [2.45, 2.75) is 6.92 Å². The molecule has 0 aliphatic rings. The Morgan fingerprint density at radius 2 is 1.93 bits per heavy atom. The maximum Gasteiger partial charge on any atom is 0.328 e. The molecule has 72 valence electrons. The van der Waals surface area contributed by atoms with E-state index in [0.29, 0.717) is 0 Å². The Balaban J connectivity index is 2.83. The Kier molecular flexibility index (Phi) is 3.24. The highest BCUT2D eigenvalue weighted by Gasteiger charge is 1.93. The van der Waals surface area contributed by atoms with Gasteiger partial charge in [0.2, 0.25) is 0 Å². The number of rotatable bonds is 3. The van der Waals surface area contributed by atoms with Crippen molar-refractivity contribution in [1.82, 2.24) is 0 Å². The molecule has 2 heteroatoms. The largest absolute Gasteiger partial charge is 0.478 e. The van der Waals surface area contributed by atoms with E-state index in [1.54, 1.807) is 6.08 Å². The topological polar surface area (TPSA) is 37.3 Å². The third kappa shape index (κ3) is 2.90. The van der Waals surface area contributed by atoms with Crippen molar-refractivity contribution < 1.29 is 9.90 Å². The first-order chi connectivity index (χ1) is 6.59. The summed E-state index contributed by atoms with van der Waals surface area (Å²) in [4.78, 5) is 10.2. The number of hydrogen-bond donors (Lipinski definition) is 1. The number of hydrogen-bond acceptors (Lipinski definition) is 1. The molecular formula is C12H12O2. The van der Waals surface area contributed by atoms with Gasteiger partial charge in [0.15, 0.2) is 0 Å². The van der Waals surface area contributed by atoms with E-state index >= 15 is 0 Å². The van der Waals surface area contributed by atoms with Gasteiger partial charge < -0.3 is 5.11 Å². The second-order valence-corrected chi connectivity index (χ2v) is 3.07. The summed E-state index contributed by atoms with van der Waals surface area (Å²) in [5.74, 6) is -0.936. The van der Waals surface area contributed by atoms with E-state index < -0.39 is 5.97 Å². The van der Waals surface area contributed by atoms with Gasteiger partial charge in [-0.05, 0) is 24.1 Å². The summed E-state index contributed by atoms with van der Waals surface area (Å²) in [5.41, 5.74) is 2.94. The Morgan fingerprint density at radius 3 is 2.36 bits per heavy atom. The maximum atomic E-state index is 10.2. The molecule has 1 N–H and O–H groups in total. The fourth-order valence-electron chi connectivity index (χ4n) is 1.05. The molecule has 0 fully saturated rings. The maximum absolute atomic E-state index is 10.2. The summed E-state index contributed by atoms with van der Waals surface area (Å²) >= 11 is 0. The molecule has 2 nitrogen and oxygen atoms in total. The van der Waals surface area contributed by atoms with Gasteiger partial charge in [0.25, 0.3) is 0 Å². The summed E-state index contributed by atoms with van der Waals surface area (Å²) in [5, 5.41) is 8.42. The summed E-state index contributed by atoms with van der Waals surface area (Å²) < 4.78 is 0. The fourth-order valence-corrected chi connectivity index (χ4v) is 1.05. The second kappa shape index (κ2) is 4.42. The third-order valence-corrected chi connectivity index (χ3v) is 1.82. The molecule has 14 heavy (non-hydrogen) atoms. The van der Waals surface area contributed by atoms with E-state index in [0.717, 1.165) is 22.8 Å². The van der Waals surface area contributed by atoms with Crippen LogP contribution in [0.5, 0.6) is 0 Å². The van der Waals surface area contributed by atoms with Crippen molar-refractivity contribution in [3.8, 4) is 0 Å². The van der Waals surface area contributed by atoms with Gasteiger partial charge in [-0.2, -0.15) is 0 Å². The Morgan fingerprint density at radius 1 is 1.36 bits per heavy atom. The SMILES string of the molecule is C=C(C)c1ccc(/C=C/C(=O)O)cc1. The van der Waals surface area contributed by atoms with Crippen LogP contribution in [0.15, 0.2) is 36.9 Å².